The summed E-state index contributed by atoms with van der Waals surface area (Å²) in [6.45, 7) is 2.00. The number of hydrogen-bond donors (Lipinski definition) is 0. The molecule has 6 rings (SSSR count). The first kappa shape index (κ1) is 26.4. The Hall–Kier alpha value is -4.79. The zero-order valence-electron chi connectivity index (χ0n) is 23.0. The Balaban J connectivity index is 1.69. The van der Waals surface area contributed by atoms with Crippen LogP contribution in [0, 0.1) is 6.92 Å². The molecule has 0 saturated carbocycles. The molecule has 0 amide bonds. The molecule has 5 heteroatoms. The molecule has 5 aromatic carbocycles. The van der Waals surface area contributed by atoms with Gasteiger partial charge in [-0.3, -0.25) is 4.57 Å². The molecule has 1 aromatic heterocycles. The van der Waals surface area contributed by atoms with Crippen LogP contribution in [0.5, 0.6) is 5.88 Å². The molecule has 200 valence electrons. The molecule has 0 aliphatic heterocycles. The second kappa shape index (κ2) is 11.4. The maximum Gasteiger partial charge on any atom is 0.345 e. The van der Waals surface area contributed by atoms with Crippen molar-refractivity contribution < 1.29 is 9.53 Å². The largest absolute Gasteiger partial charge is 0.399 e. The number of imidazole rings is 1. The van der Waals surface area contributed by atoms with Gasteiger partial charge in [0.15, 0.2) is 7.26 Å². The van der Waals surface area contributed by atoms with Crippen LogP contribution in [0.15, 0.2) is 146 Å². The van der Waals surface area contributed by atoms with Crippen LogP contribution in [0.4, 0.5) is 0 Å². The van der Waals surface area contributed by atoms with Crippen LogP contribution >= 0.6 is 7.26 Å². The van der Waals surface area contributed by atoms with Crippen LogP contribution in [0.2, 0.25) is 0 Å². The Kier molecular flexibility index (Phi) is 7.33. The van der Waals surface area contributed by atoms with E-state index in [1.165, 1.54) is 0 Å². The number of aryl methyl sites for hydroxylation is 1. The maximum absolute atomic E-state index is 13.7. The van der Waals surface area contributed by atoms with Gasteiger partial charge < -0.3 is 4.74 Å². The Labute approximate surface area is 241 Å². The van der Waals surface area contributed by atoms with Crippen LogP contribution in [0.25, 0.3) is 11.4 Å². The van der Waals surface area contributed by atoms with Crippen molar-refractivity contribution in [2.24, 2.45) is 7.05 Å². The first-order valence-electron chi connectivity index (χ1n) is 13.6. The molecule has 0 aliphatic carbocycles. The van der Waals surface area contributed by atoms with Gasteiger partial charge in [0, 0.05) is 12.6 Å². The number of esters is 1. The van der Waals surface area contributed by atoms with Crippen molar-refractivity contribution in [3.05, 3.63) is 157 Å². The van der Waals surface area contributed by atoms with Crippen LogP contribution in [-0.2, 0) is 7.05 Å². The van der Waals surface area contributed by atoms with Gasteiger partial charge in [0.1, 0.15) is 21.7 Å². The molecule has 0 aliphatic rings. The zero-order valence-corrected chi connectivity index (χ0v) is 23.9. The number of hydrogen-bond acceptors (Lipinski definition) is 3. The molecule has 1 heterocycles. The highest BCUT2D eigenvalue weighted by Gasteiger charge is 2.53. The molecule has 0 saturated heterocycles. The Morgan fingerprint density at radius 3 is 1.54 bits per heavy atom. The summed E-state index contributed by atoms with van der Waals surface area (Å²) in [7, 11) is -0.712. The van der Waals surface area contributed by atoms with Crippen LogP contribution in [-0.4, -0.2) is 15.5 Å². The second-order valence-electron chi connectivity index (χ2n) is 9.92. The standard InChI is InChI=1S/C36H30N2O2P/c1-27-23-25-29(26-24-27)36(39)40-35-34(37-33(38(35)2)28-15-7-3-8-16-28)41(30-17-9-4-10-18-30,31-19-11-5-12-20-31)32-21-13-6-14-22-32/h3-26H,1-2H3/q+1. The molecule has 0 N–H and O–H groups in total. The Morgan fingerprint density at radius 2 is 1.07 bits per heavy atom. The Bertz CT molecular complexity index is 1670. The number of carbonyl (C=O) groups excluding carboxylic acids is 1. The van der Waals surface area contributed by atoms with Crippen molar-refractivity contribution in [1.82, 2.24) is 9.55 Å². The van der Waals surface area contributed by atoms with E-state index in [-0.39, 0.29) is 0 Å². The summed E-state index contributed by atoms with van der Waals surface area (Å²) in [5.74, 6) is 0.764. The summed E-state index contributed by atoms with van der Waals surface area (Å²) in [5.41, 5.74) is 3.27. The molecule has 4 nitrogen and oxygen atoms in total. The quantitative estimate of drug-likeness (QED) is 0.174. The van der Waals surface area contributed by atoms with Crippen molar-refractivity contribution in [3.8, 4) is 17.3 Å². The number of benzene rings is 5. The second-order valence-corrected chi connectivity index (χ2v) is 13.2. The number of carbonyl (C=O) groups is 1. The van der Waals surface area contributed by atoms with Gasteiger partial charge in [0.2, 0.25) is 0 Å². The van der Waals surface area contributed by atoms with Crippen molar-refractivity contribution in [2.45, 2.75) is 6.92 Å². The lowest BCUT2D eigenvalue weighted by Crippen LogP contribution is -2.40. The summed E-state index contributed by atoms with van der Waals surface area (Å²) in [4.78, 5) is 19.0. The SMILES string of the molecule is Cc1ccc(C(=O)Oc2c([P+](c3ccccc3)(c3ccccc3)c3ccccc3)nc(-c3ccccc3)n2C)cc1. The lowest BCUT2D eigenvalue weighted by molar-refractivity contribution is 0.0724. The van der Waals surface area contributed by atoms with Gasteiger partial charge in [0.05, 0.1) is 5.56 Å². The van der Waals surface area contributed by atoms with Crippen molar-refractivity contribution in [1.29, 1.82) is 0 Å². The van der Waals surface area contributed by atoms with E-state index in [9.17, 15) is 4.79 Å². The minimum Gasteiger partial charge on any atom is -0.399 e. The molecule has 0 unspecified atom stereocenters. The van der Waals surface area contributed by atoms with Gasteiger partial charge in [0.25, 0.3) is 11.3 Å². The monoisotopic (exact) mass is 553 g/mol. The van der Waals surface area contributed by atoms with E-state index in [1.807, 2.05) is 79.2 Å². The normalized spacial score (nSPS) is 11.3. The van der Waals surface area contributed by atoms with E-state index in [1.54, 1.807) is 12.1 Å². The zero-order chi connectivity index (χ0) is 28.2. The van der Waals surface area contributed by atoms with Gasteiger partial charge in [-0.1, -0.05) is 103 Å². The molecular formula is C36H30N2O2P+. The Morgan fingerprint density at radius 1 is 0.634 bits per heavy atom. The van der Waals surface area contributed by atoms with Gasteiger partial charge in [-0.05, 0) is 55.5 Å². The number of aromatic nitrogens is 2. The van der Waals surface area contributed by atoms with E-state index < -0.39 is 13.2 Å². The van der Waals surface area contributed by atoms with E-state index in [2.05, 4.69) is 72.8 Å². The summed E-state index contributed by atoms with van der Waals surface area (Å²) in [6, 6.07) is 48.9. The van der Waals surface area contributed by atoms with Crippen molar-refractivity contribution in [2.75, 3.05) is 0 Å². The highest BCUT2D eigenvalue weighted by atomic mass is 31.2. The van der Waals surface area contributed by atoms with Crippen LogP contribution < -0.4 is 26.1 Å². The highest BCUT2D eigenvalue weighted by Crippen LogP contribution is 2.56. The minimum absolute atomic E-state index is 0.416. The highest BCUT2D eigenvalue weighted by molar-refractivity contribution is 8.01. The summed E-state index contributed by atoms with van der Waals surface area (Å²) in [5, 5.41) is 3.38. The fourth-order valence-corrected chi connectivity index (χ4v) is 9.47. The van der Waals surface area contributed by atoms with Crippen LogP contribution in [0.1, 0.15) is 15.9 Å². The third kappa shape index (κ3) is 4.88. The van der Waals surface area contributed by atoms with Gasteiger partial charge in [-0.2, -0.15) is 4.98 Å². The fourth-order valence-electron chi connectivity index (χ4n) is 5.25. The molecule has 0 bridgehead atoms. The number of ether oxygens (including phenoxy) is 1. The third-order valence-corrected chi connectivity index (χ3v) is 11.4. The molecule has 6 aromatic rings. The molecular weight excluding hydrogens is 523 g/mol. The van der Waals surface area contributed by atoms with Gasteiger partial charge in [-0.15, -0.1) is 0 Å². The minimum atomic E-state index is -2.63. The summed E-state index contributed by atoms with van der Waals surface area (Å²) in [6.07, 6.45) is 0. The van der Waals surface area contributed by atoms with Gasteiger partial charge in [-0.25, -0.2) is 4.79 Å². The fraction of sp³-hybridized carbons (Fsp3) is 0.0556. The lowest BCUT2D eigenvalue weighted by Gasteiger charge is -2.26. The molecule has 0 fully saturated rings. The lowest BCUT2D eigenvalue weighted by atomic mass is 10.1. The number of rotatable bonds is 7. The molecule has 41 heavy (non-hydrogen) atoms. The predicted molar refractivity (Wildman–Crippen MR) is 170 cm³/mol. The summed E-state index contributed by atoms with van der Waals surface area (Å²) < 4.78 is 8.28. The number of nitrogens with zero attached hydrogens (tertiary/aromatic N) is 2. The van der Waals surface area contributed by atoms with E-state index in [4.69, 9.17) is 9.72 Å². The maximum atomic E-state index is 13.7. The first-order chi connectivity index (χ1) is 20.1. The van der Waals surface area contributed by atoms with Crippen LogP contribution in [0.3, 0.4) is 0 Å². The average Bonchev–Trinajstić information content (AvgIpc) is 3.35. The van der Waals surface area contributed by atoms with E-state index in [0.29, 0.717) is 11.4 Å². The smallest absolute Gasteiger partial charge is 0.345 e. The first-order valence-corrected chi connectivity index (χ1v) is 15.4. The molecule has 0 radical (unpaired) electrons. The summed E-state index contributed by atoms with van der Waals surface area (Å²) >= 11 is 0. The predicted octanol–water partition coefficient (Wildman–Crippen LogP) is 6.23. The molecule has 0 atom stereocenters. The third-order valence-electron chi connectivity index (χ3n) is 7.28. The van der Waals surface area contributed by atoms with Gasteiger partial charge >= 0.3 is 5.97 Å². The van der Waals surface area contributed by atoms with Crippen molar-refractivity contribution >= 4 is 34.6 Å². The van der Waals surface area contributed by atoms with E-state index >= 15 is 0 Å². The van der Waals surface area contributed by atoms with Crippen molar-refractivity contribution in [3.63, 3.8) is 0 Å². The topological polar surface area (TPSA) is 44.1 Å². The molecule has 0 spiro atoms. The van der Waals surface area contributed by atoms with E-state index in [0.717, 1.165) is 38.3 Å². The average molecular weight is 554 g/mol.